The Morgan fingerprint density at radius 2 is 1.95 bits per heavy atom. The number of carbonyl (C=O) groups is 2. The molecule has 1 aromatic heterocycles. The van der Waals surface area contributed by atoms with Crippen molar-refractivity contribution in [1.82, 2.24) is 15.1 Å². The fourth-order valence-electron chi connectivity index (χ4n) is 1.95. The summed E-state index contributed by atoms with van der Waals surface area (Å²) >= 11 is 0. The molecule has 1 aromatic carbocycles. The van der Waals surface area contributed by atoms with Gasteiger partial charge in [0.25, 0.3) is 5.91 Å². The maximum atomic E-state index is 12.2. The van der Waals surface area contributed by atoms with E-state index in [1.165, 1.54) is 17.9 Å². The first kappa shape index (κ1) is 13.8. The van der Waals surface area contributed by atoms with Gasteiger partial charge in [-0.15, -0.1) is 0 Å². The number of carboxylic acids is 1. The number of nitrogens with one attached hydrogen (secondary N) is 1. The van der Waals surface area contributed by atoms with E-state index in [9.17, 15) is 9.59 Å². The monoisotopic (exact) mass is 273 g/mol. The number of hydrogen-bond acceptors (Lipinski definition) is 3. The van der Waals surface area contributed by atoms with Crippen LogP contribution in [0.15, 0.2) is 36.5 Å². The molecule has 1 unspecified atom stereocenters. The van der Waals surface area contributed by atoms with Gasteiger partial charge in [0, 0.05) is 7.05 Å². The predicted molar refractivity (Wildman–Crippen MR) is 72.5 cm³/mol. The SMILES string of the molecule is CC(NC(=O)c1c(C(=O)O)cnn1C)c1ccccc1. The van der Waals surface area contributed by atoms with Crippen molar-refractivity contribution in [2.24, 2.45) is 7.05 Å². The summed E-state index contributed by atoms with van der Waals surface area (Å²) in [5.41, 5.74) is 0.880. The minimum absolute atomic E-state index is 0.0419. The van der Waals surface area contributed by atoms with Crippen molar-refractivity contribution >= 4 is 11.9 Å². The fourth-order valence-corrected chi connectivity index (χ4v) is 1.95. The van der Waals surface area contributed by atoms with Crippen LogP contribution in [0.5, 0.6) is 0 Å². The zero-order valence-electron chi connectivity index (χ0n) is 11.2. The molecule has 2 rings (SSSR count). The van der Waals surface area contributed by atoms with E-state index in [4.69, 9.17) is 5.11 Å². The van der Waals surface area contributed by atoms with Crippen molar-refractivity contribution in [3.8, 4) is 0 Å². The average molecular weight is 273 g/mol. The number of rotatable bonds is 4. The molecule has 0 saturated carbocycles. The van der Waals surface area contributed by atoms with Crippen molar-refractivity contribution in [3.05, 3.63) is 53.3 Å². The first-order chi connectivity index (χ1) is 9.50. The van der Waals surface area contributed by atoms with Crippen LogP contribution in [0, 0.1) is 0 Å². The number of aromatic nitrogens is 2. The van der Waals surface area contributed by atoms with Gasteiger partial charge in [-0.2, -0.15) is 5.10 Å². The van der Waals surface area contributed by atoms with Crippen LogP contribution >= 0.6 is 0 Å². The number of carbonyl (C=O) groups excluding carboxylic acids is 1. The summed E-state index contributed by atoms with van der Waals surface area (Å²) < 4.78 is 1.26. The lowest BCUT2D eigenvalue weighted by molar-refractivity contribution is 0.0690. The molecule has 0 aliphatic carbocycles. The number of nitrogens with zero attached hydrogens (tertiary/aromatic N) is 2. The lowest BCUT2D eigenvalue weighted by atomic mass is 10.1. The number of amides is 1. The van der Waals surface area contributed by atoms with Crippen molar-refractivity contribution < 1.29 is 14.7 Å². The van der Waals surface area contributed by atoms with E-state index in [-0.39, 0.29) is 17.3 Å². The molecule has 0 aliphatic heterocycles. The molecule has 6 heteroatoms. The largest absolute Gasteiger partial charge is 0.478 e. The van der Waals surface area contributed by atoms with E-state index in [1.54, 1.807) is 0 Å². The highest BCUT2D eigenvalue weighted by Gasteiger charge is 2.22. The minimum Gasteiger partial charge on any atom is -0.478 e. The minimum atomic E-state index is -1.17. The number of benzene rings is 1. The Kier molecular flexibility index (Phi) is 3.84. The summed E-state index contributed by atoms with van der Waals surface area (Å²) in [5.74, 6) is -1.63. The van der Waals surface area contributed by atoms with Gasteiger partial charge in [0.1, 0.15) is 11.3 Å². The molecule has 1 heterocycles. The highest BCUT2D eigenvalue weighted by Crippen LogP contribution is 2.14. The highest BCUT2D eigenvalue weighted by molar-refractivity contribution is 6.03. The molecule has 0 radical (unpaired) electrons. The van der Waals surface area contributed by atoms with Gasteiger partial charge in [-0.3, -0.25) is 9.48 Å². The first-order valence-corrected chi connectivity index (χ1v) is 6.11. The van der Waals surface area contributed by atoms with Gasteiger partial charge < -0.3 is 10.4 Å². The van der Waals surface area contributed by atoms with E-state index in [2.05, 4.69) is 10.4 Å². The molecule has 1 atom stereocenters. The molecule has 2 aromatic rings. The quantitative estimate of drug-likeness (QED) is 0.886. The fraction of sp³-hybridized carbons (Fsp3) is 0.214. The third-order valence-electron chi connectivity index (χ3n) is 3.03. The van der Waals surface area contributed by atoms with Crippen LogP contribution in [-0.4, -0.2) is 26.8 Å². The Hall–Kier alpha value is -2.63. The number of hydrogen-bond donors (Lipinski definition) is 2. The van der Waals surface area contributed by atoms with Crippen LogP contribution in [0.4, 0.5) is 0 Å². The van der Waals surface area contributed by atoms with E-state index in [1.807, 2.05) is 37.3 Å². The normalized spacial score (nSPS) is 11.9. The molecular formula is C14H15N3O3. The highest BCUT2D eigenvalue weighted by atomic mass is 16.4. The average Bonchev–Trinajstić information content (AvgIpc) is 2.81. The van der Waals surface area contributed by atoms with Gasteiger partial charge >= 0.3 is 5.97 Å². The second-order valence-electron chi connectivity index (χ2n) is 4.44. The van der Waals surface area contributed by atoms with E-state index in [0.29, 0.717) is 0 Å². The van der Waals surface area contributed by atoms with Crippen LogP contribution in [0.2, 0.25) is 0 Å². The smallest absolute Gasteiger partial charge is 0.339 e. The maximum Gasteiger partial charge on any atom is 0.339 e. The van der Waals surface area contributed by atoms with Crippen molar-refractivity contribution in [1.29, 1.82) is 0 Å². The zero-order valence-corrected chi connectivity index (χ0v) is 11.2. The summed E-state index contributed by atoms with van der Waals surface area (Å²) in [6.45, 7) is 1.84. The van der Waals surface area contributed by atoms with Crippen LogP contribution in [0.3, 0.4) is 0 Å². The second kappa shape index (κ2) is 5.56. The van der Waals surface area contributed by atoms with Crippen molar-refractivity contribution in [2.75, 3.05) is 0 Å². The second-order valence-corrected chi connectivity index (χ2v) is 4.44. The van der Waals surface area contributed by atoms with Crippen molar-refractivity contribution in [2.45, 2.75) is 13.0 Å². The maximum absolute atomic E-state index is 12.2. The third kappa shape index (κ3) is 2.69. The molecule has 20 heavy (non-hydrogen) atoms. The van der Waals surface area contributed by atoms with Crippen LogP contribution < -0.4 is 5.32 Å². The molecule has 0 spiro atoms. The van der Waals surface area contributed by atoms with Crippen LogP contribution in [-0.2, 0) is 7.05 Å². The lowest BCUT2D eigenvalue weighted by Gasteiger charge is -2.14. The first-order valence-electron chi connectivity index (χ1n) is 6.11. The molecular weight excluding hydrogens is 258 g/mol. The Morgan fingerprint density at radius 3 is 2.55 bits per heavy atom. The van der Waals surface area contributed by atoms with Gasteiger partial charge in [0.2, 0.25) is 0 Å². The predicted octanol–water partition coefficient (Wildman–Crippen LogP) is 1.61. The van der Waals surface area contributed by atoms with Gasteiger partial charge in [-0.1, -0.05) is 30.3 Å². The molecule has 6 nitrogen and oxygen atoms in total. The lowest BCUT2D eigenvalue weighted by Crippen LogP contribution is -2.29. The van der Waals surface area contributed by atoms with Crippen molar-refractivity contribution in [3.63, 3.8) is 0 Å². The topological polar surface area (TPSA) is 84.2 Å². The Balaban J connectivity index is 2.21. The summed E-state index contributed by atoms with van der Waals surface area (Å²) in [6, 6.07) is 9.22. The summed E-state index contributed by atoms with van der Waals surface area (Å²) in [6.07, 6.45) is 1.17. The van der Waals surface area contributed by atoms with Crippen LogP contribution in [0.1, 0.15) is 39.4 Å². The van der Waals surface area contributed by atoms with E-state index in [0.717, 1.165) is 5.56 Å². The molecule has 0 saturated heterocycles. The summed E-state index contributed by atoms with van der Waals surface area (Å²) in [4.78, 5) is 23.3. The van der Waals surface area contributed by atoms with E-state index >= 15 is 0 Å². The van der Waals surface area contributed by atoms with Gasteiger partial charge in [-0.25, -0.2) is 4.79 Å². The molecule has 0 aliphatic rings. The Bertz CT molecular complexity index is 634. The Morgan fingerprint density at radius 1 is 1.30 bits per heavy atom. The van der Waals surface area contributed by atoms with E-state index < -0.39 is 11.9 Å². The molecule has 104 valence electrons. The number of aromatic carboxylic acids is 1. The standard InChI is InChI=1S/C14H15N3O3/c1-9(10-6-4-3-5-7-10)16-13(18)12-11(14(19)20)8-15-17(12)2/h3-9H,1-2H3,(H,16,18)(H,19,20). The van der Waals surface area contributed by atoms with Crippen LogP contribution in [0.25, 0.3) is 0 Å². The molecule has 2 N–H and O–H groups in total. The van der Waals surface area contributed by atoms with Gasteiger partial charge in [0.15, 0.2) is 0 Å². The molecule has 0 fully saturated rings. The van der Waals surface area contributed by atoms with Gasteiger partial charge in [0.05, 0.1) is 12.2 Å². The third-order valence-corrected chi connectivity index (χ3v) is 3.03. The molecule has 1 amide bonds. The summed E-state index contributed by atoms with van der Waals surface area (Å²) in [5, 5.41) is 15.6. The summed E-state index contributed by atoms with van der Waals surface area (Å²) in [7, 11) is 1.54. The number of carboxylic acid groups (broad SMARTS) is 1. The number of aryl methyl sites for hydroxylation is 1. The molecule has 0 bridgehead atoms. The zero-order chi connectivity index (χ0) is 14.7. The Labute approximate surface area is 116 Å². The van der Waals surface area contributed by atoms with Gasteiger partial charge in [-0.05, 0) is 12.5 Å².